The molecule has 2 aromatic carbocycles. The highest BCUT2D eigenvalue weighted by Crippen LogP contribution is 2.23. The number of nitrogens with zero attached hydrogens (tertiary/aromatic N) is 1. The first-order valence-corrected chi connectivity index (χ1v) is 9.20. The number of rotatable bonds is 3. The van der Waals surface area contributed by atoms with E-state index in [0.717, 1.165) is 29.8 Å². The highest BCUT2D eigenvalue weighted by Gasteiger charge is 2.21. The van der Waals surface area contributed by atoms with Crippen molar-refractivity contribution in [1.29, 1.82) is 0 Å². The second kappa shape index (κ2) is 7.80. The number of hydrogen-bond donors (Lipinski definition) is 1. The molecule has 1 aliphatic heterocycles. The van der Waals surface area contributed by atoms with Crippen LogP contribution in [-0.4, -0.2) is 23.1 Å². The molecule has 3 heteroatoms. The van der Waals surface area contributed by atoms with Gasteiger partial charge in [-0.2, -0.15) is 0 Å². The first-order chi connectivity index (χ1) is 11.6. The normalized spacial score (nSPS) is 15.3. The average Bonchev–Trinajstić information content (AvgIpc) is 2.60. The standard InChI is InChI=1S/C21H26N2S/c1-16-8-9-17(2)20(14-16)22-21(24)23-12-10-19(11-13-23)15-18-6-4-3-5-7-18/h3-9,14,19H,10-13,15H2,1-2H3,(H,22,24). The third-order valence-electron chi connectivity index (χ3n) is 4.90. The van der Waals surface area contributed by atoms with Crippen LogP contribution in [0.2, 0.25) is 0 Å². The molecule has 1 heterocycles. The minimum absolute atomic E-state index is 0.771. The van der Waals surface area contributed by atoms with Crippen LogP contribution in [0.3, 0.4) is 0 Å². The molecule has 1 N–H and O–H groups in total. The van der Waals surface area contributed by atoms with Gasteiger partial charge in [-0.1, -0.05) is 42.5 Å². The summed E-state index contributed by atoms with van der Waals surface area (Å²) >= 11 is 5.64. The SMILES string of the molecule is Cc1ccc(C)c(NC(=S)N2CCC(Cc3ccccc3)CC2)c1. The Morgan fingerprint density at radius 1 is 1.08 bits per heavy atom. The molecule has 3 rings (SSSR count). The summed E-state index contributed by atoms with van der Waals surface area (Å²) in [5.41, 5.74) is 5.08. The predicted molar refractivity (Wildman–Crippen MR) is 107 cm³/mol. The summed E-state index contributed by atoms with van der Waals surface area (Å²) in [6, 6.07) is 17.3. The highest BCUT2D eigenvalue weighted by atomic mass is 32.1. The lowest BCUT2D eigenvalue weighted by atomic mass is 9.90. The molecule has 0 unspecified atom stereocenters. The van der Waals surface area contributed by atoms with Crippen molar-refractivity contribution < 1.29 is 0 Å². The van der Waals surface area contributed by atoms with Gasteiger partial charge in [-0.3, -0.25) is 0 Å². The van der Waals surface area contributed by atoms with Gasteiger partial charge in [0, 0.05) is 18.8 Å². The predicted octanol–water partition coefficient (Wildman–Crippen LogP) is 4.95. The van der Waals surface area contributed by atoms with Crippen molar-refractivity contribution in [3.8, 4) is 0 Å². The van der Waals surface area contributed by atoms with E-state index in [1.54, 1.807) is 0 Å². The quantitative estimate of drug-likeness (QED) is 0.797. The molecule has 126 valence electrons. The van der Waals surface area contributed by atoms with Gasteiger partial charge in [0.05, 0.1) is 0 Å². The van der Waals surface area contributed by atoms with Gasteiger partial charge in [-0.05, 0) is 74.0 Å². The van der Waals surface area contributed by atoms with Crippen LogP contribution in [0.5, 0.6) is 0 Å². The van der Waals surface area contributed by atoms with Crippen molar-refractivity contribution in [2.45, 2.75) is 33.1 Å². The Hall–Kier alpha value is -1.87. The van der Waals surface area contributed by atoms with Crippen molar-refractivity contribution >= 4 is 23.0 Å². The number of hydrogen-bond acceptors (Lipinski definition) is 1. The Bertz CT molecular complexity index is 688. The molecule has 2 aromatic rings. The van der Waals surface area contributed by atoms with E-state index in [0.29, 0.717) is 0 Å². The first kappa shape index (κ1) is 17.0. The fourth-order valence-electron chi connectivity index (χ4n) is 3.35. The van der Waals surface area contributed by atoms with Gasteiger partial charge in [-0.15, -0.1) is 0 Å². The van der Waals surface area contributed by atoms with E-state index in [1.807, 2.05) is 0 Å². The zero-order valence-electron chi connectivity index (χ0n) is 14.6. The second-order valence-electron chi connectivity index (χ2n) is 6.87. The molecule has 0 atom stereocenters. The van der Waals surface area contributed by atoms with Crippen molar-refractivity contribution in [2.24, 2.45) is 5.92 Å². The molecule has 2 nitrogen and oxygen atoms in total. The maximum absolute atomic E-state index is 5.64. The number of likely N-dealkylation sites (tertiary alicyclic amines) is 1. The lowest BCUT2D eigenvalue weighted by Crippen LogP contribution is -2.41. The van der Waals surface area contributed by atoms with Crippen LogP contribution in [-0.2, 0) is 6.42 Å². The topological polar surface area (TPSA) is 15.3 Å². The summed E-state index contributed by atoms with van der Waals surface area (Å²) < 4.78 is 0. The summed E-state index contributed by atoms with van der Waals surface area (Å²) in [4.78, 5) is 2.32. The number of nitrogens with one attached hydrogen (secondary N) is 1. The summed E-state index contributed by atoms with van der Waals surface area (Å²) in [5.74, 6) is 0.771. The van der Waals surface area contributed by atoms with Crippen molar-refractivity contribution in [2.75, 3.05) is 18.4 Å². The molecule has 24 heavy (non-hydrogen) atoms. The van der Waals surface area contributed by atoms with Crippen LogP contribution in [0, 0.1) is 19.8 Å². The van der Waals surface area contributed by atoms with Crippen LogP contribution in [0.25, 0.3) is 0 Å². The number of benzene rings is 2. The molecular formula is C21H26N2S. The Kier molecular flexibility index (Phi) is 5.52. The molecule has 0 spiro atoms. The van der Waals surface area contributed by atoms with Gasteiger partial charge in [0.25, 0.3) is 0 Å². The van der Waals surface area contributed by atoms with Gasteiger partial charge in [0.1, 0.15) is 0 Å². The molecular weight excluding hydrogens is 312 g/mol. The Labute approximate surface area is 150 Å². The summed E-state index contributed by atoms with van der Waals surface area (Å²) in [5, 5.41) is 4.31. The number of thiocarbonyl (C=S) groups is 1. The van der Waals surface area contributed by atoms with Gasteiger partial charge in [0.2, 0.25) is 0 Å². The molecule has 1 saturated heterocycles. The van der Waals surface area contributed by atoms with Gasteiger partial charge >= 0.3 is 0 Å². The molecule has 0 radical (unpaired) electrons. The number of anilines is 1. The molecule has 0 bridgehead atoms. The first-order valence-electron chi connectivity index (χ1n) is 8.79. The lowest BCUT2D eigenvalue weighted by molar-refractivity contribution is 0.268. The van der Waals surface area contributed by atoms with E-state index in [4.69, 9.17) is 12.2 Å². The van der Waals surface area contributed by atoms with Crippen LogP contribution in [0.1, 0.15) is 29.5 Å². The lowest BCUT2D eigenvalue weighted by Gasteiger charge is -2.34. The van der Waals surface area contributed by atoms with Crippen molar-refractivity contribution in [1.82, 2.24) is 4.90 Å². The minimum atomic E-state index is 0.771. The van der Waals surface area contributed by atoms with E-state index in [1.165, 1.54) is 36.0 Å². The van der Waals surface area contributed by atoms with Crippen LogP contribution in [0.15, 0.2) is 48.5 Å². The highest BCUT2D eigenvalue weighted by molar-refractivity contribution is 7.80. The maximum Gasteiger partial charge on any atom is 0.173 e. The van der Waals surface area contributed by atoms with E-state index in [2.05, 4.69) is 72.6 Å². The molecule has 0 saturated carbocycles. The van der Waals surface area contributed by atoms with Crippen LogP contribution >= 0.6 is 12.2 Å². The fraction of sp³-hybridized carbons (Fsp3) is 0.381. The number of aryl methyl sites for hydroxylation is 2. The minimum Gasteiger partial charge on any atom is -0.349 e. The molecule has 0 aromatic heterocycles. The van der Waals surface area contributed by atoms with Crippen LogP contribution in [0.4, 0.5) is 5.69 Å². The van der Waals surface area contributed by atoms with Gasteiger partial charge in [0.15, 0.2) is 5.11 Å². The Balaban J connectivity index is 1.52. The fourth-order valence-corrected chi connectivity index (χ4v) is 3.64. The second-order valence-corrected chi connectivity index (χ2v) is 7.26. The molecule has 1 aliphatic rings. The van der Waals surface area contributed by atoms with Crippen molar-refractivity contribution in [3.63, 3.8) is 0 Å². The van der Waals surface area contributed by atoms with E-state index < -0.39 is 0 Å². The Morgan fingerprint density at radius 2 is 1.79 bits per heavy atom. The Morgan fingerprint density at radius 3 is 2.50 bits per heavy atom. The van der Waals surface area contributed by atoms with Gasteiger partial charge in [-0.25, -0.2) is 0 Å². The smallest absolute Gasteiger partial charge is 0.173 e. The van der Waals surface area contributed by atoms with Crippen LogP contribution < -0.4 is 5.32 Å². The van der Waals surface area contributed by atoms with E-state index in [9.17, 15) is 0 Å². The zero-order valence-corrected chi connectivity index (χ0v) is 15.4. The zero-order chi connectivity index (χ0) is 16.9. The third-order valence-corrected chi connectivity index (χ3v) is 5.26. The summed E-state index contributed by atoms with van der Waals surface area (Å²) in [6.07, 6.45) is 3.61. The maximum atomic E-state index is 5.64. The third kappa shape index (κ3) is 4.35. The summed E-state index contributed by atoms with van der Waals surface area (Å²) in [7, 11) is 0. The monoisotopic (exact) mass is 338 g/mol. The number of piperidine rings is 1. The van der Waals surface area contributed by atoms with Gasteiger partial charge < -0.3 is 10.2 Å². The molecule has 0 amide bonds. The molecule has 0 aliphatic carbocycles. The molecule has 1 fully saturated rings. The largest absolute Gasteiger partial charge is 0.349 e. The van der Waals surface area contributed by atoms with E-state index in [-0.39, 0.29) is 0 Å². The summed E-state index contributed by atoms with van der Waals surface area (Å²) in [6.45, 7) is 6.33. The van der Waals surface area contributed by atoms with E-state index >= 15 is 0 Å². The average molecular weight is 339 g/mol. The van der Waals surface area contributed by atoms with Crippen molar-refractivity contribution in [3.05, 3.63) is 65.2 Å².